The Labute approximate surface area is 103 Å². The van der Waals surface area contributed by atoms with E-state index in [-0.39, 0.29) is 24.8 Å². The number of nitrogens with one attached hydrogen (secondary N) is 1. The Morgan fingerprint density at radius 2 is 2.00 bits per heavy atom. The van der Waals surface area contributed by atoms with Gasteiger partial charge in [-0.1, -0.05) is 0 Å². The van der Waals surface area contributed by atoms with E-state index in [9.17, 15) is 13.8 Å². The molecule has 0 saturated heterocycles. The molecule has 0 bridgehead atoms. The summed E-state index contributed by atoms with van der Waals surface area (Å²) in [7, 11) is -0.882. The Kier molecular flexibility index (Phi) is 7.73. The lowest BCUT2D eigenvalue weighted by Gasteiger charge is -2.16. The summed E-state index contributed by atoms with van der Waals surface area (Å²) in [4.78, 5) is 21.8. The minimum absolute atomic E-state index is 0.109. The van der Waals surface area contributed by atoms with Crippen molar-refractivity contribution in [3.63, 3.8) is 0 Å². The van der Waals surface area contributed by atoms with Crippen LogP contribution in [0.2, 0.25) is 0 Å². The molecular formula is C10H20N2O4S. The van der Waals surface area contributed by atoms with Gasteiger partial charge in [-0.15, -0.1) is 0 Å². The van der Waals surface area contributed by atoms with Gasteiger partial charge in [-0.05, 0) is 19.8 Å². The van der Waals surface area contributed by atoms with Crippen LogP contribution in [0, 0.1) is 0 Å². The summed E-state index contributed by atoms with van der Waals surface area (Å²) in [5.41, 5.74) is 5.53. The van der Waals surface area contributed by atoms with Crippen molar-refractivity contribution in [2.75, 3.05) is 12.0 Å². The first-order chi connectivity index (χ1) is 7.82. The second kappa shape index (κ2) is 8.19. The van der Waals surface area contributed by atoms with E-state index in [0.29, 0.717) is 12.2 Å². The first kappa shape index (κ1) is 16.1. The number of carboxylic acid groups (broad SMARTS) is 1. The fourth-order valence-electron chi connectivity index (χ4n) is 1.17. The van der Waals surface area contributed by atoms with Gasteiger partial charge in [-0.3, -0.25) is 13.8 Å². The largest absolute Gasteiger partial charge is 0.481 e. The van der Waals surface area contributed by atoms with Crippen LogP contribution in [-0.2, 0) is 20.4 Å². The quantitative estimate of drug-likeness (QED) is 0.545. The van der Waals surface area contributed by atoms with Gasteiger partial charge in [-0.2, -0.15) is 0 Å². The molecule has 0 rings (SSSR count). The maximum absolute atomic E-state index is 11.5. The molecule has 0 aromatic carbocycles. The highest BCUT2D eigenvalue weighted by Crippen LogP contribution is 1.98. The summed E-state index contributed by atoms with van der Waals surface area (Å²) in [5.74, 6) is -0.811. The maximum atomic E-state index is 11.5. The van der Waals surface area contributed by atoms with Crippen LogP contribution in [0.5, 0.6) is 0 Å². The monoisotopic (exact) mass is 264 g/mol. The van der Waals surface area contributed by atoms with E-state index in [0.717, 1.165) is 0 Å². The lowest BCUT2D eigenvalue weighted by molar-refractivity contribution is -0.137. The molecule has 0 spiro atoms. The normalized spacial score (nSPS) is 15.9. The fourth-order valence-corrected chi connectivity index (χ4v) is 1.86. The van der Waals surface area contributed by atoms with Crippen LogP contribution in [0.4, 0.5) is 0 Å². The molecule has 3 atom stereocenters. The van der Waals surface area contributed by atoms with E-state index in [1.807, 2.05) is 0 Å². The van der Waals surface area contributed by atoms with Gasteiger partial charge in [0.2, 0.25) is 5.91 Å². The first-order valence-electron chi connectivity index (χ1n) is 5.40. The number of aliphatic carboxylic acids is 1. The van der Waals surface area contributed by atoms with Crippen molar-refractivity contribution in [1.82, 2.24) is 5.32 Å². The predicted molar refractivity (Wildman–Crippen MR) is 66.0 cm³/mol. The van der Waals surface area contributed by atoms with Crippen LogP contribution in [0.25, 0.3) is 0 Å². The number of amides is 1. The van der Waals surface area contributed by atoms with Crippen molar-refractivity contribution in [1.29, 1.82) is 0 Å². The summed E-state index contributed by atoms with van der Waals surface area (Å²) in [5, 5.41) is 11.1. The predicted octanol–water partition coefficient (Wildman–Crippen LogP) is -0.548. The van der Waals surface area contributed by atoms with Crippen molar-refractivity contribution in [3.8, 4) is 0 Å². The van der Waals surface area contributed by atoms with Gasteiger partial charge in [0.05, 0.1) is 6.04 Å². The highest BCUT2D eigenvalue weighted by Gasteiger charge is 2.16. The van der Waals surface area contributed by atoms with Crippen LogP contribution in [-0.4, -0.2) is 45.3 Å². The van der Waals surface area contributed by atoms with Gasteiger partial charge in [-0.25, -0.2) is 0 Å². The highest BCUT2D eigenvalue weighted by atomic mass is 32.2. The van der Waals surface area contributed by atoms with Gasteiger partial charge in [0.15, 0.2) is 0 Å². The first-order valence-corrected chi connectivity index (χ1v) is 7.13. The smallest absolute Gasteiger partial charge is 0.303 e. The molecule has 7 heteroatoms. The number of rotatable bonds is 8. The van der Waals surface area contributed by atoms with Gasteiger partial charge >= 0.3 is 5.97 Å². The van der Waals surface area contributed by atoms with Crippen molar-refractivity contribution in [3.05, 3.63) is 0 Å². The molecule has 0 radical (unpaired) electrons. The van der Waals surface area contributed by atoms with Crippen LogP contribution in [0.1, 0.15) is 26.2 Å². The standard InChI is InChI=1S/C10H20N2O4S/c1-7(5-6-17(2)16)12-10(15)8(11)3-4-9(13)14/h7-8H,3-6,11H2,1-2H3,(H,12,15)(H,13,14). The second-order valence-electron chi connectivity index (χ2n) is 4.01. The SMILES string of the molecule is CC(CCS(C)=O)NC(=O)C(N)CCC(=O)O. The van der Waals surface area contributed by atoms with Gasteiger partial charge in [0.25, 0.3) is 0 Å². The van der Waals surface area contributed by atoms with E-state index in [1.165, 1.54) is 0 Å². The molecule has 0 aromatic heterocycles. The minimum atomic E-state index is -0.970. The molecule has 1 amide bonds. The molecule has 0 fully saturated rings. The summed E-state index contributed by atoms with van der Waals surface area (Å²) in [6.45, 7) is 1.80. The number of carboxylic acids is 1. The Hall–Kier alpha value is -0.950. The third kappa shape index (κ3) is 8.82. The van der Waals surface area contributed by atoms with Gasteiger partial charge in [0.1, 0.15) is 0 Å². The van der Waals surface area contributed by atoms with E-state index in [4.69, 9.17) is 10.8 Å². The summed E-state index contributed by atoms with van der Waals surface area (Å²) in [6.07, 6.45) is 2.21. The van der Waals surface area contributed by atoms with Crippen molar-refractivity contribution < 1.29 is 18.9 Å². The van der Waals surface area contributed by atoms with Crippen molar-refractivity contribution in [2.45, 2.75) is 38.3 Å². The molecule has 100 valence electrons. The number of hydrogen-bond acceptors (Lipinski definition) is 4. The molecule has 3 unspecified atom stereocenters. The third-order valence-corrected chi connectivity index (χ3v) is 3.04. The fraction of sp³-hybridized carbons (Fsp3) is 0.800. The average Bonchev–Trinajstić information content (AvgIpc) is 2.22. The van der Waals surface area contributed by atoms with Gasteiger partial charge in [0, 0.05) is 35.3 Å². The Bertz CT molecular complexity index is 296. The van der Waals surface area contributed by atoms with E-state index in [1.54, 1.807) is 13.2 Å². The molecule has 0 aliphatic carbocycles. The zero-order valence-corrected chi connectivity index (χ0v) is 11.0. The van der Waals surface area contributed by atoms with Crippen LogP contribution in [0.15, 0.2) is 0 Å². The number of carbonyl (C=O) groups excluding carboxylic acids is 1. The third-order valence-electron chi connectivity index (χ3n) is 2.23. The zero-order chi connectivity index (χ0) is 13.4. The van der Waals surface area contributed by atoms with Crippen molar-refractivity contribution >= 4 is 22.7 Å². The lowest BCUT2D eigenvalue weighted by atomic mass is 10.1. The van der Waals surface area contributed by atoms with E-state index < -0.39 is 22.8 Å². The average molecular weight is 264 g/mol. The second-order valence-corrected chi connectivity index (χ2v) is 5.57. The molecule has 0 aliphatic heterocycles. The van der Waals surface area contributed by atoms with Crippen LogP contribution >= 0.6 is 0 Å². The van der Waals surface area contributed by atoms with E-state index >= 15 is 0 Å². The van der Waals surface area contributed by atoms with Crippen molar-refractivity contribution in [2.24, 2.45) is 5.73 Å². The number of nitrogens with two attached hydrogens (primary N) is 1. The summed E-state index contributed by atoms with van der Waals surface area (Å²) >= 11 is 0. The number of hydrogen-bond donors (Lipinski definition) is 3. The van der Waals surface area contributed by atoms with E-state index in [2.05, 4.69) is 5.32 Å². The number of carbonyl (C=O) groups is 2. The molecule has 0 aliphatic rings. The molecule has 4 N–H and O–H groups in total. The Morgan fingerprint density at radius 3 is 2.47 bits per heavy atom. The zero-order valence-electron chi connectivity index (χ0n) is 10.1. The molecule has 6 nitrogen and oxygen atoms in total. The van der Waals surface area contributed by atoms with Crippen LogP contribution in [0.3, 0.4) is 0 Å². The minimum Gasteiger partial charge on any atom is -0.481 e. The highest BCUT2D eigenvalue weighted by molar-refractivity contribution is 7.84. The van der Waals surface area contributed by atoms with Gasteiger partial charge < -0.3 is 16.2 Å². The molecule has 0 aromatic rings. The summed E-state index contributed by atoms with van der Waals surface area (Å²) < 4.78 is 10.9. The molecule has 17 heavy (non-hydrogen) atoms. The topological polar surface area (TPSA) is 109 Å². The lowest BCUT2D eigenvalue weighted by Crippen LogP contribution is -2.44. The maximum Gasteiger partial charge on any atom is 0.303 e. The van der Waals surface area contributed by atoms with Crippen LogP contribution < -0.4 is 11.1 Å². The molecule has 0 heterocycles. The molecular weight excluding hydrogens is 244 g/mol. The molecule has 0 saturated carbocycles. The summed E-state index contributed by atoms with van der Waals surface area (Å²) in [6, 6.07) is -0.914. The Balaban J connectivity index is 3.89. The Morgan fingerprint density at radius 1 is 1.41 bits per heavy atom.